The summed E-state index contributed by atoms with van der Waals surface area (Å²) in [7, 11) is 1.49. The second-order valence-electron chi connectivity index (χ2n) is 9.96. The van der Waals surface area contributed by atoms with Crippen LogP contribution in [0.3, 0.4) is 0 Å². The number of nitrogens with zero attached hydrogens (tertiary/aromatic N) is 6. The van der Waals surface area contributed by atoms with Crippen molar-refractivity contribution in [3.8, 4) is 0 Å². The summed E-state index contributed by atoms with van der Waals surface area (Å²) in [6.07, 6.45) is -1.45. The van der Waals surface area contributed by atoms with Crippen LogP contribution in [0.15, 0.2) is 73.2 Å². The Morgan fingerprint density at radius 2 is 1.15 bits per heavy atom. The number of aliphatic hydroxyl groups is 5. The molecule has 0 radical (unpaired) electrons. The maximum Gasteiger partial charge on any atom is 0.236 e. The van der Waals surface area contributed by atoms with Crippen molar-refractivity contribution < 1.29 is 30.3 Å². The molecule has 3 heterocycles. The number of carbonyl (C=O) groups is 1. The van der Waals surface area contributed by atoms with Gasteiger partial charge in [-0.25, -0.2) is 0 Å². The molecule has 41 heavy (non-hydrogen) atoms. The molecule has 0 aliphatic rings. The second kappa shape index (κ2) is 16.8. The summed E-state index contributed by atoms with van der Waals surface area (Å²) in [5, 5.41) is 48.9. The topological polar surface area (TPSA) is 167 Å². The van der Waals surface area contributed by atoms with Gasteiger partial charge in [-0.05, 0) is 36.4 Å². The lowest BCUT2D eigenvalue weighted by atomic mass is 10.0. The zero-order valence-corrected chi connectivity index (χ0v) is 23.2. The minimum absolute atomic E-state index is 0.0126. The summed E-state index contributed by atoms with van der Waals surface area (Å²) in [6, 6.07) is 17.1. The van der Waals surface area contributed by atoms with Gasteiger partial charge in [-0.15, -0.1) is 0 Å². The fourth-order valence-electron chi connectivity index (χ4n) is 4.24. The highest BCUT2D eigenvalue weighted by atomic mass is 16.4. The highest BCUT2D eigenvalue weighted by Crippen LogP contribution is 2.10. The summed E-state index contributed by atoms with van der Waals surface area (Å²) in [6.45, 7) is 1.67. The Kier molecular flexibility index (Phi) is 13.2. The molecule has 0 bridgehead atoms. The van der Waals surface area contributed by atoms with Gasteiger partial charge < -0.3 is 30.4 Å². The average molecular weight is 569 g/mol. The molecular weight excluding hydrogens is 528 g/mol. The van der Waals surface area contributed by atoms with Crippen LogP contribution in [-0.4, -0.2) is 125 Å². The molecule has 0 aromatic carbocycles. The lowest BCUT2D eigenvalue weighted by Gasteiger charge is -2.31. The molecule has 12 nitrogen and oxygen atoms in total. The average Bonchev–Trinajstić information content (AvgIpc) is 3.00. The lowest BCUT2D eigenvalue weighted by Crippen LogP contribution is -2.51. The first kappa shape index (κ1) is 32.2. The Balaban J connectivity index is 1.68. The molecular formula is C29H40N6O6. The van der Waals surface area contributed by atoms with Crippen LogP contribution in [0.1, 0.15) is 17.1 Å². The van der Waals surface area contributed by atoms with Gasteiger partial charge in [-0.2, -0.15) is 0 Å². The Hall–Kier alpha value is -3.36. The fraction of sp³-hybridized carbons (Fsp3) is 0.448. The second-order valence-corrected chi connectivity index (χ2v) is 9.96. The van der Waals surface area contributed by atoms with E-state index in [-0.39, 0.29) is 19.0 Å². The van der Waals surface area contributed by atoms with Crippen molar-refractivity contribution in [2.75, 3.05) is 39.8 Å². The molecule has 3 aromatic heterocycles. The molecule has 0 saturated carbocycles. The molecule has 1 amide bonds. The number of hydrogen-bond donors (Lipinski definition) is 5. The van der Waals surface area contributed by atoms with Crippen LogP contribution in [0.5, 0.6) is 0 Å². The van der Waals surface area contributed by atoms with E-state index in [1.165, 1.54) is 11.9 Å². The van der Waals surface area contributed by atoms with Gasteiger partial charge in [-0.3, -0.25) is 29.5 Å². The number of pyridine rings is 3. The minimum atomic E-state index is -1.76. The Bertz CT molecular complexity index is 1100. The summed E-state index contributed by atoms with van der Waals surface area (Å²) >= 11 is 0. The number of likely N-dealkylation sites (N-methyl/N-ethyl adjacent to an activating group) is 1. The van der Waals surface area contributed by atoms with Crippen molar-refractivity contribution in [2.24, 2.45) is 0 Å². The highest BCUT2D eigenvalue weighted by molar-refractivity contribution is 5.78. The highest BCUT2D eigenvalue weighted by Gasteiger charge is 2.31. The van der Waals surface area contributed by atoms with E-state index in [1.54, 1.807) is 18.6 Å². The summed E-state index contributed by atoms with van der Waals surface area (Å²) in [5.41, 5.74) is 2.62. The largest absolute Gasteiger partial charge is 0.394 e. The summed E-state index contributed by atoms with van der Waals surface area (Å²) < 4.78 is 0. The van der Waals surface area contributed by atoms with Gasteiger partial charge in [0.1, 0.15) is 24.4 Å². The van der Waals surface area contributed by atoms with E-state index in [9.17, 15) is 25.2 Å². The van der Waals surface area contributed by atoms with Gasteiger partial charge in [0.15, 0.2) is 0 Å². The van der Waals surface area contributed by atoms with Gasteiger partial charge in [0.05, 0.1) is 30.2 Å². The SMILES string of the molecule is CN(C[C@@H](O)C(O)C(O)C(O)CO)C(=O)CN(CCN(Cc1ccccn1)Cc1ccccn1)Cc1ccccn1. The maximum absolute atomic E-state index is 13.2. The van der Waals surface area contributed by atoms with E-state index < -0.39 is 31.0 Å². The van der Waals surface area contributed by atoms with Crippen LogP contribution in [0.4, 0.5) is 0 Å². The third-order valence-corrected chi connectivity index (χ3v) is 6.64. The van der Waals surface area contributed by atoms with E-state index >= 15 is 0 Å². The van der Waals surface area contributed by atoms with Crippen LogP contribution in [-0.2, 0) is 24.4 Å². The molecule has 4 atom stereocenters. The van der Waals surface area contributed by atoms with E-state index in [4.69, 9.17) is 5.11 Å². The quantitative estimate of drug-likeness (QED) is 0.139. The third kappa shape index (κ3) is 10.9. The number of carbonyl (C=O) groups excluding carboxylic acids is 1. The number of rotatable bonds is 17. The van der Waals surface area contributed by atoms with Crippen molar-refractivity contribution in [3.63, 3.8) is 0 Å². The van der Waals surface area contributed by atoms with Crippen molar-refractivity contribution in [1.29, 1.82) is 0 Å². The minimum Gasteiger partial charge on any atom is -0.394 e. The molecule has 0 saturated heterocycles. The number of hydrogen-bond acceptors (Lipinski definition) is 11. The van der Waals surface area contributed by atoms with Gasteiger partial charge >= 0.3 is 0 Å². The van der Waals surface area contributed by atoms with Crippen LogP contribution in [0.25, 0.3) is 0 Å². The molecule has 12 heteroatoms. The predicted molar refractivity (Wildman–Crippen MR) is 151 cm³/mol. The molecule has 0 spiro atoms. The van der Waals surface area contributed by atoms with Crippen LogP contribution in [0.2, 0.25) is 0 Å². The van der Waals surface area contributed by atoms with Crippen molar-refractivity contribution in [2.45, 2.75) is 44.1 Å². The number of aromatic nitrogens is 3. The molecule has 5 N–H and O–H groups in total. The monoisotopic (exact) mass is 568 g/mol. The van der Waals surface area contributed by atoms with Crippen molar-refractivity contribution in [3.05, 3.63) is 90.3 Å². The summed E-state index contributed by atoms with van der Waals surface area (Å²) in [4.78, 5) is 31.9. The first-order chi connectivity index (χ1) is 19.8. The molecule has 3 unspecified atom stereocenters. The Morgan fingerprint density at radius 1 is 0.707 bits per heavy atom. The fourth-order valence-corrected chi connectivity index (χ4v) is 4.24. The first-order valence-corrected chi connectivity index (χ1v) is 13.5. The Labute approximate surface area is 240 Å². The van der Waals surface area contributed by atoms with Gasteiger partial charge in [-0.1, -0.05) is 18.2 Å². The molecule has 3 rings (SSSR count). The van der Waals surface area contributed by atoms with Gasteiger partial charge in [0.25, 0.3) is 0 Å². The zero-order chi connectivity index (χ0) is 29.6. The van der Waals surface area contributed by atoms with Crippen molar-refractivity contribution >= 4 is 5.91 Å². The normalized spacial score (nSPS) is 14.5. The molecule has 0 aliphatic heterocycles. The molecule has 0 aliphatic carbocycles. The van der Waals surface area contributed by atoms with E-state index in [0.29, 0.717) is 32.7 Å². The standard InChI is InChI=1S/C29H40N6O6/c1-33(19-25(37)28(40)29(41)26(38)21-36)27(39)20-35(18-24-10-4-7-13-32-24)15-14-34(16-22-8-2-5-11-30-22)17-23-9-3-6-12-31-23/h2-13,25-26,28-29,36-38,40-41H,14-21H2,1H3/t25-,26?,28?,29?/m1/s1. The van der Waals surface area contributed by atoms with Crippen LogP contribution >= 0.6 is 0 Å². The number of aliphatic hydroxyl groups excluding tert-OH is 5. The third-order valence-electron chi connectivity index (χ3n) is 6.64. The van der Waals surface area contributed by atoms with E-state index in [0.717, 1.165) is 17.1 Å². The van der Waals surface area contributed by atoms with E-state index in [1.807, 2.05) is 59.5 Å². The van der Waals surface area contributed by atoms with Crippen molar-refractivity contribution in [1.82, 2.24) is 29.7 Å². The van der Waals surface area contributed by atoms with Crippen LogP contribution in [0, 0.1) is 0 Å². The van der Waals surface area contributed by atoms with Gasteiger partial charge in [0.2, 0.25) is 5.91 Å². The zero-order valence-electron chi connectivity index (χ0n) is 23.2. The molecule has 3 aromatic rings. The molecule has 222 valence electrons. The predicted octanol–water partition coefficient (Wildman–Crippen LogP) is -0.730. The lowest BCUT2D eigenvalue weighted by molar-refractivity contribution is -0.139. The molecule has 0 fully saturated rings. The van der Waals surface area contributed by atoms with Gasteiger partial charge in [0, 0.05) is 64.9 Å². The smallest absolute Gasteiger partial charge is 0.236 e. The summed E-state index contributed by atoms with van der Waals surface area (Å²) in [5.74, 6) is -0.314. The first-order valence-electron chi connectivity index (χ1n) is 13.5. The Morgan fingerprint density at radius 3 is 1.59 bits per heavy atom. The number of amides is 1. The maximum atomic E-state index is 13.2. The van der Waals surface area contributed by atoms with Crippen LogP contribution < -0.4 is 0 Å². The van der Waals surface area contributed by atoms with E-state index in [2.05, 4.69) is 19.9 Å².